The molecule has 0 aromatic heterocycles. The monoisotopic (exact) mass is 293 g/mol. The van der Waals surface area contributed by atoms with Crippen molar-refractivity contribution in [1.29, 1.82) is 0 Å². The first-order valence-corrected chi connectivity index (χ1v) is 7.76. The Hall–Kier alpha value is -1.10. The van der Waals surface area contributed by atoms with Crippen molar-refractivity contribution in [3.63, 3.8) is 0 Å². The molecule has 0 radical (unpaired) electrons. The molecule has 0 spiro atoms. The maximum Gasteiger partial charge on any atom is 0.119 e. The number of morpholine rings is 1. The Morgan fingerprint density at radius 2 is 1.95 bits per heavy atom. The minimum atomic E-state index is -0.481. The molecule has 21 heavy (non-hydrogen) atoms. The second-order valence-corrected chi connectivity index (χ2v) is 6.20. The van der Waals surface area contributed by atoms with E-state index in [-0.39, 0.29) is 12.2 Å². The maximum absolute atomic E-state index is 10.4. The van der Waals surface area contributed by atoms with E-state index in [0.717, 1.165) is 24.5 Å². The average Bonchev–Trinajstić information content (AvgIpc) is 2.43. The van der Waals surface area contributed by atoms with Crippen molar-refractivity contribution in [2.45, 2.75) is 52.0 Å². The van der Waals surface area contributed by atoms with E-state index in [1.807, 2.05) is 38.1 Å². The summed E-state index contributed by atoms with van der Waals surface area (Å²) in [7, 11) is 0. The number of aliphatic hydroxyl groups excluding tert-OH is 1. The summed E-state index contributed by atoms with van der Waals surface area (Å²) < 4.78 is 11.2. The molecule has 0 aliphatic carbocycles. The molecule has 0 bridgehead atoms. The third kappa shape index (κ3) is 4.70. The first-order chi connectivity index (χ1) is 9.95. The van der Waals surface area contributed by atoms with Crippen LogP contribution in [0, 0.1) is 0 Å². The average molecular weight is 293 g/mol. The summed E-state index contributed by atoms with van der Waals surface area (Å²) in [5, 5.41) is 10.4. The van der Waals surface area contributed by atoms with Crippen LogP contribution in [0.3, 0.4) is 0 Å². The van der Waals surface area contributed by atoms with Crippen LogP contribution in [0.4, 0.5) is 0 Å². The third-order valence-electron chi connectivity index (χ3n) is 3.78. The van der Waals surface area contributed by atoms with Gasteiger partial charge in [0.15, 0.2) is 0 Å². The van der Waals surface area contributed by atoms with Gasteiger partial charge < -0.3 is 14.6 Å². The molecule has 1 saturated heterocycles. The minimum absolute atomic E-state index is 0.163. The zero-order chi connectivity index (χ0) is 15.4. The van der Waals surface area contributed by atoms with Crippen molar-refractivity contribution >= 4 is 0 Å². The smallest absolute Gasteiger partial charge is 0.119 e. The highest BCUT2D eigenvalue weighted by Gasteiger charge is 2.25. The van der Waals surface area contributed by atoms with Crippen LogP contribution in [-0.4, -0.2) is 48.0 Å². The Labute approximate surface area is 127 Å². The normalized spacial score (nSPS) is 25.0. The maximum atomic E-state index is 10.4. The Morgan fingerprint density at radius 1 is 1.29 bits per heavy atom. The van der Waals surface area contributed by atoms with Gasteiger partial charge in [-0.1, -0.05) is 12.1 Å². The zero-order valence-electron chi connectivity index (χ0n) is 13.5. The molecule has 1 aromatic carbocycles. The van der Waals surface area contributed by atoms with E-state index in [0.29, 0.717) is 12.6 Å². The standard InChI is InChI=1S/C17H27NO3/c1-12(2)21-16-7-5-15(6-8-16)17(19)10-18-9-14(4)20-11-13(18)3/h5-8,12-14,17,19H,9-11H2,1-4H3. The van der Waals surface area contributed by atoms with Crippen LogP contribution in [0.15, 0.2) is 24.3 Å². The van der Waals surface area contributed by atoms with Crippen LogP contribution in [0.25, 0.3) is 0 Å². The molecule has 0 saturated carbocycles. The van der Waals surface area contributed by atoms with Crippen LogP contribution in [0.5, 0.6) is 5.75 Å². The molecule has 3 unspecified atom stereocenters. The molecule has 1 aliphatic heterocycles. The summed E-state index contributed by atoms with van der Waals surface area (Å²) >= 11 is 0. The molecule has 1 heterocycles. The Balaban J connectivity index is 1.94. The van der Waals surface area contributed by atoms with Gasteiger partial charge in [0.2, 0.25) is 0 Å². The number of aliphatic hydroxyl groups is 1. The van der Waals surface area contributed by atoms with Gasteiger partial charge in [0.25, 0.3) is 0 Å². The van der Waals surface area contributed by atoms with E-state index in [1.54, 1.807) is 0 Å². The van der Waals surface area contributed by atoms with E-state index in [4.69, 9.17) is 9.47 Å². The van der Waals surface area contributed by atoms with Crippen LogP contribution in [-0.2, 0) is 4.74 Å². The molecule has 4 nitrogen and oxygen atoms in total. The fraction of sp³-hybridized carbons (Fsp3) is 0.647. The van der Waals surface area contributed by atoms with E-state index in [9.17, 15) is 5.11 Å². The molecule has 118 valence electrons. The van der Waals surface area contributed by atoms with Gasteiger partial charge in [0.05, 0.1) is 24.9 Å². The van der Waals surface area contributed by atoms with Gasteiger partial charge in [-0.3, -0.25) is 4.90 Å². The van der Waals surface area contributed by atoms with E-state index in [2.05, 4.69) is 18.7 Å². The van der Waals surface area contributed by atoms with Crippen molar-refractivity contribution in [3.8, 4) is 5.75 Å². The number of rotatable bonds is 5. The summed E-state index contributed by atoms with van der Waals surface area (Å²) in [6.45, 7) is 10.5. The van der Waals surface area contributed by atoms with Gasteiger partial charge >= 0.3 is 0 Å². The summed E-state index contributed by atoms with van der Waals surface area (Å²) in [6.07, 6.45) is -0.0856. The number of ether oxygens (including phenoxy) is 2. The molecular formula is C17H27NO3. The van der Waals surface area contributed by atoms with Crippen LogP contribution >= 0.6 is 0 Å². The lowest BCUT2D eigenvalue weighted by Crippen LogP contribution is -2.48. The fourth-order valence-corrected chi connectivity index (χ4v) is 2.59. The van der Waals surface area contributed by atoms with Crippen LogP contribution in [0.1, 0.15) is 39.4 Å². The first kappa shape index (κ1) is 16.3. The molecule has 1 aliphatic rings. The fourth-order valence-electron chi connectivity index (χ4n) is 2.59. The number of benzene rings is 1. The van der Waals surface area contributed by atoms with Crippen LogP contribution < -0.4 is 4.74 Å². The second kappa shape index (κ2) is 7.25. The van der Waals surface area contributed by atoms with E-state index >= 15 is 0 Å². The summed E-state index contributed by atoms with van der Waals surface area (Å²) in [6, 6.07) is 8.07. The Morgan fingerprint density at radius 3 is 2.57 bits per heavy atom. The minimum Gasteiger partial charge on any atom is -0.491 e. The Bertz CT molecular complexity index is 432. The lowest BCUT2D eigenvalue weighted by molar-refractivity contribution is -0.0619. The molecule has 4 heteroatoms. The quantitative estimate of drug-likeness (QED) is 0.906. The van der Waals surface area contributed by atoms with E-state index in [1.165, 1.54) is 0 Å². The predicted octanol–water partition coefficient (Wildman–Crippen LogP) is 2.62. The highest BCUT2D eigenvalue weighted by molar-refractivity contribution is 5.28. The summed E-state index contributed by atoms with van der Waals surface area (Å²) in [5.41, 5.74) is 0.928. The second-order valence-electron chi connectivity index (χ2n) is 6.20. The Kier molecular flexibility index (Phi) is 5.62. The molecule has 1 aromatic rings. The molecule has 2 rings (SSSR count). The molecule has 1 N–H and O–H groups in total. The van der Waals surface area contributed by atoms with Gasteiger partial charge in [-0.25, -0.2) is 0 Å². The molecule has 1 fully saturated rings. The predicted molar refractivity (Wildman–Crippen MR) is 83.6 cm³/mol. The number of hydrogen-bond acceptors (Lipinski definition) is 4. The van der Waals surface area contributed by atoms with Gasteiger partial charge in [0.1, 0.15) is 5.75 Å². The summed E-state index contributed by atoms with van der Waals surface area (Å²) in [5.74, 6) is 0.842. The SMILES string of the molecule is CC(C)Oc1ccc(C(O)CN2CC(C)OCC2C)cc1. The van der Waals surface area contributed by atoms with Crippen molar-refractivity contribution in [2.75, 3.05) is 19.7 Å². The van der Waals surface area contributed by atoms with Crippen molar-refractivity contribution in [1.82, 2.24) is 4.90 Å². The zero-order valence-corrected chi connectivity index (χ0v) is 13.5. The number of β-amino-alcohol motifs (C(OH)–C–C–N with tert-alkyl or cyclic N) is 1. The van der Waals surface area contributed by atoms with Crippen molar-refractivity contribution in [2.24, 2.45) is 0 Å². The van der Waals surface area contributed by atoms with Gasteiger partial charge in [-0.15, -0.1) is 0 Å². The third-order valence-corrected chi connectivity index (χ3v) is 3.78. The van der Waals surface area contributed by atoms with Gasteiger partial charge in [0, 0.05) is 19.1 Å². The lowest BCUT2D eigenvalue weighted by atomic mass is 10.1. The lowest BCUT2D eigenvalue weighted by Gasteiger charge is -2.37. The van der Waals surface area contributed by atoms with E-state index < -0.39 is 6.10 Å². The van der Waals surface area contributed by atoms with Crippen LogP contribution in [0.2, 0.25) is 0 Å². The highest BCUT2D eigenvalue weighted by atomic mass is 16.5. The topological polar surface area (TPSA) is 41.9 Å². The molecular weight excluding hydrogens is 266 g/mol. The van der Waals surface area contributed by atoms with Gasteiger partial charge in [-0.05, 0) is 45.4 Å². The number of hydrogen-bond donors (Lipinski definition) is 1. The summed E-state index contributed by atoms with van der Waals surface area (Å²) in [4.78, 5) is 2.29. The van der Waals surface area contributed by atoms with Gasteiger partial charge in [-0.2, -0.15) is 0 Å². The first-order valence-electron chi connectivity index (χ1n) is 7.76. The van der Waals surface area contributed by atoms with Crippen molar-refractivity contribution < 1.29 is 14.6 Å². The molecule has 0 amide bonds. The molecule has 3 atom stereocenters. The largest absolute Gasteiger partial charge is 0.491 e. The van der Waals surface area contributed by atoms with Crippen molar-refractivity contribution in [3.05, 3.63) is 29.8 Å². The number of nitrogens with zero attached hydrogens (tertiary/aromatic N) is 1. The highest BCUT2D eigenvalue weighted by Crippen LogP contribution is 2.21.